The van der Waals surface area contributed by atoms with Gasteiger partial charge >= 0.3 is 0 Å². The van der Waals surface area contributed by atoms with Crippen molar-refractivity contribution < 1.29 is 12.8 Å². The van der Waals surface area contributed by atoms with Crippen molar-refractivity contribution in [1.82, 2.24) is 4.98 Å². The maximum atomic E-state index is 13.0. The fourth-order valence-electron chi connectivity index (χ4n) is 1.49. The van der Waals surface area contributed by atoms with Crippen LogP contribution >= 0.6 is 15.9 Å². The van der Waals surface area contributed by atoms with Gasteiger partial charge in [-0.2, -0.15) is 0 Å². The lowest BCUT2D eigenvalue weighted by Gasteiger charge is -2.10. The minimum absolute atomic E-state index is 0.0630. The molecule has 0 saturated carbocycles. The number of sulfonamides is 1. The molecule has 2 aromatic rings. The molecule has 2 N–H and O–H groups in total. The lowest BCUT2D eigenvalue weighted by Crippen LogP contribution is -2.13. The minimum atomic E-state index is -3.76. The molecule has 0 spiro atoms. The van der Waals surface area contributed by atoms with Crippen molar-refractivity contribution in [1.29, 1.82) is 0 Å². The second-order valence-electron chi connectivity index (χ2n) is 3.86. The first kappa shape index (κ1) is 14.7. The highest BCUT2D eigenvalue weighted by Crippen LogP contribution is 2.26. The number of nitrogens with zero attached hydrogens (tertiary/aromatic N) is 1. The van der Waals surface area contributed by atoms with E-state index < -0.39 is 15.8 Å². The van der Waals surface area contributed by atoms with Gasteiger partial charge in [-0.3, -0.25) is 4.72 Å². The largest absolute Gasteiger partial charge is 0.373 e. The van der Waals surface area contributed by atoms with Gasteiger partial charge in [0.1, 0.15) is 11.6 Å². The van der Waals surface area contributed by atoms with Crippen molar-refractivity contribution in [2.24, 2.45) is 0 Å². The summed E-state index contributed by atoms with van der Waals surface area (Å²) in [4.78, 5) is 4.01. The van der Waals surface area contributed by atoms with E-state index in [0.29, 0.717) is 10.3 Å². The standard InChI is InChI=1S/C12H11BrFN3O2S/c1-15-12-7-9(4-5-16-12)20(18,19)17-11-3-2-8(14)6-10(11)13/h2-7,17H,1H3,(H,15,16). The second kappa shape index (κ2) is 5.76. The fraction of sp³-hybridized carbons (Fsp3) is 0.0833. The summed E-state index contributed by atoms with van der Waals surface area (Å²) in [5, 5.41) is 2.76. The zero-order valence-electron chi connectivity index (χ0n) is 10.4. The van der Waals surface area contributed by atoms with Gasteiger partial charge in [0.15, 0.2) is 0 Å². The molecule has 1 heterocycles. The highest BCUT2D eigenvalue weighted by Gasteiger charge is 2.16. The van der Waals surface area contributed by atoms with Crippen LogP contribution in [0.2, 0.25) is 0 Å². The van der Waals surface area contributed by atoms with E-state index in [1.54, 1.807) is 7.05 Å². The molecule has 0 fully saturated rings. The Kier molecular flexibility index (Phi) is 4.24. The Morgan fingerprint density at radius 3 is 2.65 bits per heavy atom. The van der Waals surface area contributed by atoms with Gasteiger partial charge in [-0.15, -0.1) is 0 Å². The van der Waals surface area contributed by atoms with Gasteiger partial charge in [0, 0.05) is 23.8 Å². The van der Waals surface area contributed by atoms with Crippen LogP contribution in [0.15, 0.2) is 45.9 Å². The van der Waals surface area contributed by atoms with Crippen LogP contribution < -0.4 is 10.0 Å². The number of hydrogen-bond acceptors (Lipinski definition) is 4. The normalized spacial score (nSPS) is 11.2. The number of aromatic nitrogens is 1. The first-order chi connectivity index (χ1) is 9.42. The molecule has 0 atom stereocenters. The number of nitrogens with one attached hydrogen (secondary N) is 2. The molecule has 106 valence electrons. The van der Waals surface area contributed by atoms with E-state index in [1.165, 1.54) is 36.5 Å². The van der Waals surface area contributed by atoms with Gasteiger partial charge in [0.25, 0.3) is 10.0 Å². The van der Waals surface area contributed by atoms with E-state index in [9.17, 15) is 12.8 Å². The van der Waals surface area contributed by atoms with Crippen molar-refractivity contribution in [2.75, 3.05) is 17.1 Å². The average Bonchev–Trinajstić information content (AvgIpc) is 2.42. The fourth-order valence-corrected chi connectivity index (χ4v) is 3.16. The Morgan fingerprint density at radius 1 is 1.25 bits per heavy atom. The molecule has 0 bridgehead atoms. The number of pyridine rings is 1. The average molecular weight is 360 g/mol. The quantitative estimate of drug-likeness (QED) is 0.880. The Labute approximate surface area is 124 Å². The highest BCUT2D eigenvalue weighted by atomic mass is 79.9. The molecule has 0 unspecified atom stereocenters. The van der Waals surface area contributed by atoms with Crippen LogP contribution in [0.3, 0.4) is 0 Å². The zero-order chi connectivity index (χ0) is 14.8. The lowest BCUT2D eigenvalue weighted by molar-refractivity contribution is 0.601. The Balaban J connectivity index is 2.35. The van der Waals surface area contributed by atoms with E-state index in [1.807, 2.05) is 0 Å². The molecular weight excluding hydrogens is 349 g/mol. The Hall–Kier alpha value is -1.67. The van der Waals surface area contributed by atoms with Crippen LogP contribution in [0.4, 0.5) is 15.9 Å². The van der Waals surface area contributed by atoms with Gasteiger partial charge in [0.05, 0.1) is 10.6 Å². The minimum Gasteiger partial charge on any atom is -0.373 e. The number of benzene rings is 1. The molecule has 0 aliphatic rings. The molecule has 8 heteroatoms. The van der Waals surface area contributed by atoms with Crippen LogP contribution in [0, 0.1) is 5.82 Å². The number of rotatable bonds is 4. The summed E-state index contributed by atoms with van der Waals surface area (Å²) in [5.74, 6) is -0.0211. The third-order valence-corrected chi connectivity index (χ3v) is 4.49. The molecule has 2 rings (SSSR count). The molecule has 1 aromatic heterocycles. The lowest BCUT2D eigenvalue weighted by atomic mass is 10.3. The maximum absolute atomic E-state index is 13.0. The molecule has 0 amide bonds. The summed E-state index contributed by atoms with van der Waals surface area (Å²) in [6, 6.07) is 6.48. The molecule has 0 aliphatic carbocycles. The predicted octanol–water partition coefficient (Wildman–Crippen LogP) is 2.83. The van der Waals surface area contributed by atoms with Gasteiger partial charge in [-0.25, -0.2) is 17.8 Å². The molecule has 1 aromatic carbocycles. The van der Waals surface area contributed by atoms with Crippen molar-refractivity contribution in [3.63, 3.8) is 0 Å². The summed E-state index contributed by atoms with van der Waals surface area (Å²) in [6.45, 7) is 0. The van der Waals surface area contributed by atoms with Crippen LogP contribution in [0.1, 0.15) is 0 Å². The summed E-state index contributed by atoms with van der Waals surface area (Å²) in [6.07, 6.45) is 1.39. The Morgan fingerprint density at radius 2 is 2.00 bits per heavy atom. The van der Waals surface area contributed by atoms with Crippen molar-refractivity contribution in [3.05, 3.63) is 46.8 Å². The summed E-state index contributed by atoms with van der Waals surface area (Å²) in [5.41, 5.74) is 0.259. The van der Waals surface area contributed by atoms with Crippen molar-refractivity contribution in [2.45, 2.75) is 4.90 Å². The first-order valence-corrected chi connectivity index (χ1v) is 7.81. The molecule has 0 saturated heterocycles. The molecule has 0 aliphatic heterocycles. The summed E-state index contributed by atoms with van der Waals surface area (Å²) < 4.78 is 40.1. The van der Waals surface area contributed by atoms with Gasteiger partial charge < -0.3 is 5.32 Å². The summed E-state index contributed by atoms with van der Waals surface area (Å²) >= 11 is 3.11. The number of hydrogen-bond donors (Lipinski definition) is 2. The molecular formula is C12H11BrFN3O2S. The second-order valence-corrected chi connectivity index (χ2v) is 6.39. The molecule has 0 radical (unpaired) electrons. The predicted molar refractivity (Wildman–Crippen MR) is 78.7 cm³/mol. The van der Waals surface area contributed by atoms with Gasteiger partial charge in [-0.05, 0) is 40.2 Å². The SMILES string of the molecule is CNc1cc(S(=O)(=O)Nc2ccc(F)cc2Br)ccn1. The van der Waals surface area contributed by atoms with Crippen molar-refractivity contribution >= 4 is 37.5 Å². The van der Waals surface area contributed by atoms with Crippen LogP contribution in [-0.4, -0.2) is 20.4 Å². The van der Waals surface area contributed by atoms with Gasteiger partial charge in [-0.1, -0.05) is 0 Å². The Bertz CT molecular complexity index is 737. The molecule has 5 nitrogen and oxygen atoms in total. The van der Waals surface area contributed by atoms with Crippen LogP contribution in [0.5, 0.6) is 0 Å². The van der Waals surface area contributed by atoms with E-state index in [4.69, 9.17) is 0 Å². The van der Waals surface area contributed by atoms with E-state index in [0.717, 1.165) is 0 Å². The summed E-state index contributed by atoms with van der Waals surface area (Å²) in [7, 11) is -2.12. The van der Waals surface area contributed by atoms with E-state index >= 15 is 0 Å². The highest BCUT2D eigenvalue weighted by molar-refractivity contribution is 9.10. The number of halogens is 2. The van der Waals surface area contributed by atoms with E-state index in [-0.39, 0.29) is 10.6 Å². The van der Waals surface area contributed by atoms with Crippen LogP contribution in [-0.2, 0) is 10.0 Å². The monoisotopic (exact) mass is 359 g/mol. The topological polar surface area (TPSA) is 71.1 Å². The zero-order valence-corrected chi connectivity index (χ0v) is 12.8. The molecule has 20 heavy (non-hydrogen) atoms. The van der Waals surface area contributed by atoms with Crippen molar-refractivity contribution in [3.8, 4) is 0 Å². The first-order valence-electron chi connectivity index (χ1n) is 5.54. The third-order valence-electron chi connectivity index (χ3n) is 2.47. The van der Waals surface area contributed by atoms with Crippen LogP contribution in [0.25, 0.3) is 0 Å². The van der Waals surface area contributed by atoms with E-state index in [2.05, 4.69) is 31.0 Å². The third kappa shape index (κ3) is 3.26. The smallest absolute Gasteiger partial charge is 0.262 e. The maximum Gasteiger partial charge on any atom is 0.262 e. The van der Waals surface area contributed by atoms with Gasteiger partial charge in [0.2, 0.25) is 0 Å². The number of anilines is 2.